The quantitative estimate of drug-likeness (QED) is 0.0126. The molecule has 3 heterocycles. The molecule has 0 radical (unpaired) electrons. The zero-order chi connectivity index (χ0) is 58.7. The van der Waals surface area contributed by atoms with Crippen molar-refractivity contribution in [3.63, 3.8) is 0 Å². The van der Waals surface area contributed by atoms with E-state index in [9.17, 15) is 54.1 Å². The number of hydrazone groups is 1. The molecule has 9 N–H and O–H groups in total. The molecule has 0 spiro atoms. The van der Waals surface area contributed by atoms with Crippen LogP contribution in [0.1, 0.15) is 44.7 Å². The van der Waals surface area contributed by atoms with Crippen molar-refractivity contribution in [1.29, 1.82) is 0 Å². The molecule has 0 aliphatic heterocycles. The number of carbonyl (C=O) groups excluding carboxylic acids is 2. The number of sulfonamides is 2. The van der Waals surface area contributed by atoms with Crippen molar-refractivity contribution in [2.24, 2.45) is 12.1 Å². The number of pyridine rings is 2. The van der Waals surface area contributed by atoms with E-state index in [2.05, 4.69) is 50.9 Å². The number of ether oxygens (including phenoxy) is 3. The van der Waals surface area contributed by atoms with Gasteiger partial charge in [0.05, 0.1) is 53.5 Å². The minimum Gasteiger partial charge on any atom is -0.480 e. The number of nitrogens with zero attached hydrogens (tertiary/aromatic N) is 4. The predicted octanol–water partition coefficient (Wildman–Crippen LogP) is 3.33. The number of rotatable bonds is 32. The smallest absolute Gasteiger partial charge is 0.323 e. The summed E-state index contributed by atoms with van der Waals surface area (Å²) in [5, 5.41) is 22.3. The van der Waals surface area contributed by atoms with E-state index in [-0.39, 0.29) is 56.9 Å². The first-order valence-electron chi connectivity index (χ1n) is 25.2. The third-order valence-corrected chi connectivity index (χ3v) is 15.9. The van der Waals surface area contributed by atoms with Crippen molar-refractivity contribution in [2.45, 2.75) is 40.1 Å². The summed E-state index contributed by atoms with van der Waals surface area (Å²) in [5.41, 5.74) is 4.75. The van der Waals surface area contributed by atoms with Crippen molar-refractivity contribution in [3.8, 4) is 11.1 Å². The van der Waals surface area contributed by atoms with E-state index >= 15 is 0 Å². The molecule has 7 aromatic rings. The van der Waals surface area contributed by atoms with Crippen LogP contribution in [0.25, 0.3) is 22.0 Å². The standard InChI is InChI=1S/C53H59N11O15S3/c1-64-35-44(49(65)43-18-8-36(30-46(43)64)31-59-53-55-22-23-56-53)51(67)58-34-45(52(68)69)63-81(72,73)42-16-11-38(12-17-42)37-9-14-41(15-10-37)80(70,71)61-21-5-25-78-27-29-79-28-26-77-24-4-20-54-50(66)40-13-19-48(57-32-40)62-60-33-39-6-2-3-7-47(39)82(74,75)76/h2-3,6-19,22-23,30,32-33,35,45,61,63H,4-5,20-21,24-29,31,34H2,1H3,(H,54,66)(H,57,62)(H,58,67)(H,68,69)(H2,55,56,59)(H,74,75,76)/b60-33+. The first-order chi connectivity index (χ1) is 39.3. The van der Waals surface area contributed by atoms with E-state index in [0.29, 0.717) is 86.3 Å². The van der Waals surface area contributed by atoms with Gasteiger partial charge in [-0.2, -0.15) is 18.2 Å². The number of amides is 2. The Labute approximate surface area is 471 Å². The van der Waals surface area contributed by atoms with E-state index < -0.39 is 60.1 Å². The topological polar surface area (TPSA) is 370 Å². The number of hydrogen-bond donors (Lipinski definition) is 9. The van der Waals surface area contributed by atoms with Crippen LogP contribution in [0, 0.1) is 0 Å². The average molecular weight is 1190 g/mol. The fraction of sp³-hybridized carbons (Fsp3) is 0.264. The number of carboxylic acid groups (broad SMARTS) is 1. The van der Waals surface area contributed by atoms with Crippen LogP contribution in [-0.2, 0) is 62.8 Å². The Morgan fingerprint density at radius 1 is 0.756 bits per heavy atom. The number of anilines is 2. The number of H-pyrrole nitrogens is 1. The number of imidazole rings is 1. The lowest BCUT2D eigenvalue weighted by Crippen LogP contribution is -2.48. The Bertz CT molecular complexity index is 3760. The highest BCUT2D eigenvalue weighted by Crippen LogP contribution is 2.24. The Morgan fingerprint density at radius 3 is 2.02 bits per heavy atom. The molecule has 7 rings (SSSR count). The number of benzene rings is 4. The molecule has 1 unspecified atom stereocenters. The first kappa shape index (κ1) is 61.4. The SMILES string of the molecule is Cn1cc(C(=O)NCC(NS(=O)(=O)c2ccc(-c3ccc(S(=O)(=O)NCCCOCCOCCOCCCNC(=O)c4ccc(N/N=C/c5ccccc5S(=O)(=O)O)nc4)cc3)cc2)C(=O)O)c(=O)c2ccc(CNc3ncc[nH]3)cc21. The van der Waals surface area contributed by atoms with Gasteiger partial charge in [0.1, 0.15) is 22.3 Å². The molecule has 0 saturated heterocycles. The van der Waals surface area contributed by atoms with E-state index in [0.717, 1.165) is 5.56 Å². The second-order valence-electron chi connectivity index (χ2n) is 17.9. The molecular formula is C53H59N11O15S3. The van der Waals surface area contributed by atoms with Gasteiger partial charge in [-0.3, -0.25) is 29.2 Å². The zero-order valence-electron chi connectivity index (χ0n) is 44.0. The van der Waals surface area contributed by atoms with Gasteiger partial charge in [-0.15, -0.1) is 0 Å². The number of hydrogen-bond acceptors (Lipinski definition) is 18. The molecule has 434 valence electrons. The van der Waals surface area contributed by atoms with Crippen LogP contribution in [0.3, 0.4) is 0 Å². The van der Waals surface area contributed by atoms with Crippen LogP contribution < -0.4 is 36.2 Å². The number of aryl methyl sites for hydroxylation is 1. The highest BCUT2D eigenvalue weighted by atomic mass is 32.2. The molecule has 26 nitrogen and oxygen atoms in total. The number of aliphatic carboxylic acids is 1. The molecule has 29 heteroatoms. The van der Waals surface area contributed by atoms with Crippen molar-refractivity contribution in [1.82, 2.24) is 39.6 Å². The molecule has 1 atom stereocenters. The lowest BCUT2D eigenvalue weighted by Gasteiger charge is -2.16. The number of aromatic nitrogens is 4. The number of aromatic amines is 1. The van der Waals surface area contributed by atoms with Crippen molar-refractivity contribution in [3.05, 3.63) is 160 Å². The second-order valence-corrected chi connectivity index (χ2v) is 22.8. The number of carboxylic acids is 1. The van der Waals surface area contributed by atoms with Crippen LogP contribution in [0.4, 0.5) is 11.8 Å². The third-order valence-electron chi connectivity index (χ3n) is 12.0. The molecule has 4 aromatic carbocycles. The molecular weight excluding hydrogens is 1130 g/mol. The number of carbonyl (C=O) groups is 3. The molecule has 0 bridgehead atoms. The summed E-state index contributed by atoms with van der Waals surface area (Å²) < 4.78 is 108. The summed E-state index contributed by atoms with van der Waals surface area (Å²) in [4.78, 5) is 61.8. The minimum absolute atomic E-state index is 0.00332. The summed E-state index contributed by atoms with van der Waals surface area (Å²) >= 11 is 0. The Morgan fingerprint density at radius 2 is 1.40 bits per heavy atom. The maximum Gasteiger partial charge on any atom is 0.323 e. The van der Waals surface area contributed by atoms with Gasteiger partial charge >= 0.3 is 5.97 Å². The van der Waals surface area contributed by atoms with E-state index in [1.54, 1.807) is 66.5 Å². The van der Waals surface area contributed by atoms with Gasteiger partial charge in [0.25, 0.3) is 21.9 Å². The minimum atomic E-state index is -4.44. The number of nitrogens with one attached hydrogen (secondary N) is 7. The molecule has 2 amide bonds. The zero-order valence-corrected chi connectivity index (χ0v) is 46.4. The van der Waals surface area contributed by atoms with Crippen molar-refractivity contribution in [2.75, 3.05) is 70.0 Å². The summed E-state index contributed by atoms with van der Waals surface area (Å²) in [5.74, 6) is -1.94. The van der Waals surface area contributed by atoms with Crippen molar-refractivity contribution < 1.29 is 63.5 Å². The molecule has 0 aliphatic carbocycles. The van der Waals surface area contributed by atoms with Crippen LogP contribution in [-0.4, -0.2) is 144 Å². The van der Waals surface area contributed by atoms with Gasteiger partial charge in [-0.25, -0.2) is 31.5 Å². The first-order valence-corrected chi connectivity index (χ1v) is 29.6. The van der Waals surface area contributed by atoms with Crippen LogP contribution in [0.2, 0.25) is 0 Å². The van der Waals surface area contributed by atoms with Gasteiger partial charge in [-0.05, 0) is 84.1 Å². The lowest BCUT2D eigenvalue weighted by molar-refractivity contribution is -0.138. The highest BCUT2D eigenvalue weighted by Gasteiger charge is 2.27. The van der Waals surface area contributed by atoms with E-state index in [1.165, 1.54) is 79.3 Å². The van der Waals surface area contributed by atoms with Crippen LogP contribution in [0.15, 0.2) is 152 Å². The Hall–Kier alpha value is -8.26. The van der Waals surface area contributed by atoms with Gasteiger partial charge in [-0.1, -0.05) is 48.5 Å². The summed E-state index contributed by atoms with van der Waals surface area (Å²) in [7, 11) is -11.1. The van der Waals surface area contributed by atoms with Crippen molar-refractivity contribution >= 4 is 76.8 Å². The largest absolute Gasteiger partial charge is 0.480 e. The maximum atomic E-state index is 13.4. The second kappa shape index (κ2) is 28.9. The third kappa shape index (κ3) is 17.6. The highest BCUT2D eigenvalue weighted by molar-refractivity contribution is 7.89. The van der Waals surface area contributed by atoms with Gasteiger partial charge in [0.15, 0.2) is 5.95 Å². The molecule has 3 aromatic heterocycles. The summed E-state index contributed by atoms with van der Waals surface area (Å²) in [6.45, 7) is 2.05. The summed E-state index contributed by atoms with van der Waals surface area (Å²) in [6.07, 6.45) is 8.11. The molecule has 0 aliphatic rings. The molecule has 82 heavy (non-hydrogen) atoms. The summed E-state index contributed by atoms with van der Waals surface area (Å²) in [6, 6.07) is 23.5. The van der Waals surface area contributed by atoms with Crippen LogP contribution >= 0.6 is 0 Å². The molecule has 0 saturated carbocycles. The Balaban J connectivity index is 0.737. The lowest BCUT2D eigenvalue weighted by atomic mass is 10.1. The Kier molecular flexibility index (Phi) is 21.7. The van der Waals surface area contributed by atoms with E-state index in [4.69, 9.17) is 14.2 Å². The number of fused-ring (bicyclic) bond motifs is 1. The average Bonchev–Trinajstić information content (AvgIpc) is 4.09. The van der Waals surface area contributed by atoms with Gasteiger partial charge < -0.3 is 44.8 Å². The normalized spacial score (nSPS) is 12.3. The maximum absolute atomic E-state index is 13.4. The van der Waals surface area contributed by atoms with E-state index in [1.807, 2.05) is 0 Å². The van der Waals surface area contributed by atoms with Gasteiger partial charge in [0.2, 0.25) is 25.5 Å². The monoisotopic (exact) mass is 1190 g/mol. The fourth-order valence-electron chi connectivity index (χ4n) is 7.79. The molecule has 0 fully saturated rings. The fourth-order valence-corrected chi connectivity index (χ4v) is 10.7. The van der Waals surface area contributed by atoms with Gasteiger partial charge in [0, 0.05) is 82.2 Å². The predicted molar refractivity (Wildman–Crippen MR) is 302 cm³/mol. The van der Waals surface area contributed by atoms with Crippen LogP contribution in [0.5, 0.6) is 0 Å².